The minimum absolute atomic E-state index is 0.389. The van der Waals surface area contributed by atoms with E-state index in [1.807, 2.05) is 24.3 Å². The number of alkyl halides is 1. The number of pyridine rings is 1. The Morgan fingerprint density at radius 3 is 2.62 bits per heavy atom. The Kier molecular flexibility index (Phi) is 3.80. The molecule has 0 fully saturated rings. The van der Waals surface area contributed by atoms with Gasteiger partial charge in [-0.05, 0) is 30.3 Å². The Bertz CT molecular complexity index is 473. The molecule has 0 saturated carbocycles. The second-order valence-corrected chi connectivity index (χ2v) is 4.36. The van der Waals surface area contributed by atoms with Gasteiger partial charge in [-0.25, -0.2) is 0 Å². The lowest BCUT2D eigenvalue weighted by Crippen LogP contribution is -1.90. The summed E-state index contributed by atoms with van der Waals surface area (Å²) in [7, 11) is 0. The molecule has 0 saturated heterocycles. The number of benzene rings is 1. The molecule has 2 nitrogen and oxygen atoms in total. The molecule has 16 heavy (non-hydrogen) atoms. The molecule has 0 amide bonds. The van der Waals surface area contributed by atoms with Crippen molar-refractivity contribution in [2.24, 2.45) is 0 Å². The van der Waals surface area contributed by atoms with Gasteiger partial charge < -0.3 is 4.74 Å². The molecule has 1 aromatic carbocycles. The molecule has 0 N–H and O–H groups in total. The van der Waals surface area contributed by atoms with Crippen LogP contribution in [0.3, 0.4) is 0 Å². The van der Waals surface area contributed by atoms with Gasteiger partial charge in [0.25, 0.3) is 0 Å². The van der Waals surface area contributed by atoms with Crippen LogP contribution in [0.5, 0.6) is 11.5 Å². The summed E-state index contributed by atoms with van der Waals surface area (Å²) >= 11 is 9.17. The normalized spacial score (nSPS) is 10.1. The summed E-state index contributed by atoms with van der Waals surface area (Å²) in [6, 6.07) is 9.44. The Morgan fingerprint density at radius 2 is 1.94 bits per heavy atom. The van der Waals surface area contributed by atoms with Gasteiger partial charge in [-0.2, -0.15) is 0 Å². The van der Waals surface area contributed by atoms with Gasteiger partial charge in [-0.1, -0.05) is 15.9 Å². The van der Waals surface area contributed by atoms with Gasteiger partial charge in [0.15, 0.2) is 0 Å². The first-order chi connectivity index (χ1) is 7.79. The summed E-state index contributed by atoms with van der Waals surface area (Å²) in [6.45, 7) is 0. The van der Waals surface area contributed by atoms with Crippen LogP contribution in [0.15, 0.2) is 47.2 Å². The molecule has 0 spiro atoms. The van der Waals surface area contributed by atoms with Gasteiger partial charge in [0.1, 0.15) is 11.5 Å². The molecular weight excluding hydrogens is 289 g/mol. The summed E-state index contributed by atoms with van der Waals surface area (Å²) in [6.07, 6.45) is 3.39. The van der Waals surface area contributed by atoms with Crippen molar-refractivity contribution in [3.8, 4) is 11.5 Å². The van der Waals surface area contributed by atoms with Gasteiger partial charge in [-0.3, -0.25) is 4.98 Å². The van der Waals surface area contributed by atoms with Gasteiger partial charge in [0, 0.05) is 22.4 Å². The minimum Gasteiger partial charge on any atom is -0.457 e. The summed E-state index contributed by atoms with van der Waals surface area (Å²) in [5.41, 5.74) is 0.882. The van der Waals surface area contributed by atoms with Crippen LogP contribution in [0.25, 0.3) is 0 Å². The molecular formula is C12H9BrClNO. The lowest BCUT2D eigenvalue weighted by atomic mass is 10.3. The number of rotatable bonds is 3. The van der Waals surface area contributed by atoms with Crippen molar-refractivity contribution in [2.75, 3.05) is 0 Å². The van der Waals surface area contributed by atoms with Crippen molar-refractivity contribution in [2.45, 2.75) is 5.88 Å². The molecule has 2 rings (SSSR count). The Labute approximate surface area is 107 Å². The van der Waals surface area contributed by atoms with E-state index < -0.39 is 0 Å². The summed E-state index contributed by atoms with van der Waals surface area (Å²) in [4.78, 5) is 4.00. The average Bonchev–Trinajstić information content (AvgIpc) is 2.33. The first-order valence-electron chi connectivity index (χ1n) is 4.72. The molecule has 82 valence electrons. The van der Waals surface area contributed by atoms with E-state index in [-0.39, 0.29) is 0 Å². The molecule has 0 unspecified atom stereocenters. The molecule has 0 aliphatic heterocycles. The van der Waals surface area contributed by atoms with Crippen LogP contribution >= 0.6 is 27.5 Å². The van der Waals surface area contributed by atoms with E-state index in [9.17, 15) is 0 Å². The van der Waals surface area contributed by atoms with Crippen LogP contribution in [0.4, 0.5) is 0 Å². The summed E-state index contributed by atoms with van der Waals surface area (Å²) < 4.78 is 6.73. The van der Waals surface area contributed by atoms with Crippen molar-refractivity contribution < 1.29 is 4.74 Å². The maximum atomic E-state index is 5.80. The SMILES string of the molecule is ClCc1cnccc1Oc1ccc(Br)cc1. The molecule has 0 aliphatic carbocycles. The maximum Gasteiger partial charge on any atom is 0.134 e. The van der Waals surface area contributed by atoms with Gasteiger partial charge in [0.05, 0.1) is 5.88 Å². The lowest BCUT2D eigenvalue weighted by Gasteiger charge is -2.08. The number of ether oxygens (including phenoxy) is 1. The topological polar surface area (TPSA) is 22.1 Å². The van der Waals surface area contributed by atoms with Crippen LogP contribution in [-0.4, -0.2) is 4.98 Å². The predicted molar refractivity (Wildman–Crippen MR) is 68.0 cm³/mol. The number of aromatic nitrogens is 1. The van der Waals surface area contributed by atoms with E-state index >= 15 is 0 Å². The zero-order chi connectivity index (χ0) is 11.4. The monoisotopic (exact) mass is 297 g/mol. The van der Waals surface area contributed by atoms with Gasteiger partial charge in [-0.15, -0.1) is 11.6 Å². The Morgan fingerprint density at radius 1 is 1.19 bits per heavy atom. The molecule has 0 aliphatic rings. The van der Waals surface area contributed by atoms with Crippen molar-refractivity contribution in [1.29, 1.82) is 0 Å². The third-order valence-corrected chi connectivity index (χ3v) is 2.86. The summed E-state index contributed by atoms with van der Waals surface area (Å²) in [5, 5.41) is 0. The largest absolute Gasteiger partial charge is 0.457 e. The van der Waals surface area contributed by atoms with E-state index in [2.05, 4.69) is 20.9 Å². The van der Waals surface area contributed by atoms with Crippen LogP contribution in [0.2, 0.25) is 0 Å². The third-order valence-electron chi connectivity index (χ3n) is 2.04. The molecule has 0 radical (unpaired) electrons. The number of halogens is 2. The molecule has 1 aromatic heterocycles. The number of hydrogen-bond donors (Lipinski definition) is 0. The zero-order valence-corrected chi connectivity index (χ0v) is 10.7. The smallest absolute Gasteiger partial charge is 0.134 e. The minimum atomic E-state index is 0.389. The van der Waals surface area contributed by atoms with Crippen LogP contribution in [0.1, 0.15) is 5.56 Å². The highest BCUT2D eigenvalue weighted by molar-refractivity contribution is 9.10. The van der Waals surface area contributed by atoms with E-state index in [0.29, 0.717) is 5.88 Å². The molecule has 0 bridgehead atoms. The number of hydrogen-bond acceptors (Lipinski definition) is 2. The van der Waals surface area contributed by atoms with Gasteiger partial charge >= 0.3 is 0 Å². The highest BCUT2D eigenvalue weighted by atomic mass is 79.9. The van der Waals surface area contributed by atoms with Crippen molar-refractivity contribution in [3.63, 3.8) is 0 Å². The van der Waals surface area contributed by atoms with E-state index in [1.54, 1.807) is 18.5 Å². The zero-order valence-electron chi connectivity index (χ0n) is 8.36. The second-order valence-electron chi connectivity index (χ2n) is 3.17. The molecule has 1 heterocycles. The summed E-state index contributed by atoms with van der Waals surface area (Å²) in [5.74, 6) is 1.91. The van der Waals surface area contributed by atoms with Gasteiger partial charge in [0.2, 0.25) is 0 Å². The van der Waals surface area contributed by atoms with Crippen molar-refractivity contribution in [3.05, 3.63) is 52.8 Å². The van der Waals surface area contributed by atoms with Crippen LogP contribution < -0.4 is 4.74 Å². The molecule has 2 aromatic rings. The fourth-order valence-corrected chi connectivity index (χ4v) is 1.71. The van der Waals surface area contributed by atoms with Crippen molar-refractivity contribution in [1.82, 2.24) is 4.98 Å². The average molecular weight is 299 g/mol. The highest BCUT2D eigenvalue weighted by Crippen LogP contribution is 2.26. The number of nitrogens with zero attached hydrogens (tertiary/aromatic N) is 1. The van der Waals surface area contributed by atoms with Crippen LogP contribution in [-0.2, 0) is 5.88 Å². The van der Waals surface area contributed by atoms with E-state index in [0.717, 1.165) is 21.5 Å². The highest BCUT2D eigenvalue weighted by Gasteiger charge is 2.03. The quantitative estimate of drug-likeness (QED) is 0.785. The lowest BCUT2D eigenvalue weighted by molar-refractivity contribution is 0.477. The Hall–Kier alpha value is -1.06. The Balaban J connectivity index is 2.23. The third kappa shape index (κ3) is 2.74. The fraction of sp³-hybridized carbons (Fsp3) is 0.0833. The van der Waals surface area contributed by atoms with Crippen molar-refractivity contribution >= 4 is 27.5 Å². The van der Waals surface area contributed by atoms with E-state index in [1.165, 1.54) is 0 Å². The van der Waals surface area contributed by atoms with Crippen LogP contribution in [0, 0.1) is 0 Å². The second kappa shape index (κ2) is 5.32. The maximum absolute atomic E-state index is 5.80. The van der Waals surface area contributed by atoms with E-state index in [4.69, 9.17) is 16.3 Å². The molecule has 0 atom stereocenters. The predicted octanol–water partition coefficient (Wildman–Crippen LogP) is 4.38. The first kappa shape index (κ1) is 11.4. The fourth-order valence-electron chi connectivity index (χ4n) is 1.24. The molecule has 4 heteroatoms. The first-order valence-corrected chi connectivity index (χ1v) is 6.04. The standard InChI is InChI=1S/C12H9BrClNO/c13-10-1-3-11(4-2-10)16-12-5-6-15-8-9(12)7-14/h1-6,8H,7H2.